The van der Waals surface area contributed by atoms with E-state index >= 15 is 0 Å². The van der Waals surface area contributed by atoms with Crippen molar-refractivity contribution < 1.29 is 14.6 Å². The Labute approximate surface area is 131 Å². The summed E-state index contributed by atoms with van der Waals surface area (Å²) in [4.78, 5) is 14.5. The molecule has 0 saturated heterocycles. The van der Waals surface area contributed by atoms with Gasteiger partial charge in [0.1, 0.15) is 11.4 Å². The summed E-state index contributed by atoms with van der Waals surface area (Å²) < 4.78 is 5.84. The van der Waals surface area contributed by atoms with Crippen molar-refractivity contribution in [1.82, 2.24) is 4.90 Å². The van der Waals surface area contributed by atoms with Crippen molar-refractivity contribution in [3.05, 3.63) is 46.7 Å². The van der Waals surface area contributed by atoms with E-state index in [9.17, 15) is 9.90 Å². The van der Waals surface area contributed by atoms with Crippen LogP contribution >= 0.6 is 0 Å². The van der Waals surface area contributed by atoms with E-state index in [1.54, 1.807) is 18.7 Å². The van der Waals surface area contributed by atoms with Crippen molar-refractivity contribution in [3.63, 3.8) is 0 Å². The van der Waals surface area contributed by atoms with Gasteiger partial charge in [-0.2, -0.15) is 0 Å². The van der Waals surface area contributed by atoms with Crippen LogP contribution in [0.4, 0.5) is 0 Å². The van der Waals surface area contributed by atoms with Crippen LogP contribution in [0.5, 0.6) is 0 Å². The summed E-state index contributed by atoms with van der Waals surface area (Å²) in [6.45, 7) is 7.93. The molecule has 0 aliphatic carbocycles. The molecule has 1 amide bonds. The lowest BCUT2D eigenvalue weighted by atomic mass is 9.77. The second kappa shape index (κ2) is 5.13. The number of carbonyl (C=O) groups is 1. The van der Waals surface area contributed by atoms with E-state index < -0.39 is 5.60 Å². The largest absolute Gasteiger partial charge is 0.492 e. The molecule has 4 heteroatoms. The average Bonchev–Trinajstić information content (AvgIpc) is 2.48. The van der Waals surface area contributed by atoms with Crippen LogP contribution < -0.4 is 0 Å². The molecular weight excluding hydrogens is 278 g/mol. The molecule has 4 nitrogen and oxygen atoms in total. The summed E-state index contributed by atoms with van der Waals surface area (Å²) in [7, 11) is 0. The minimum atomic E-state index is -1.22. The average molecular weight is 301 g/mol. The highest BCUT2D eigenvalue weighted by Crippen LogP contribution is 2.46. The van der Waals surface area contributed by atoms with Gasteiger partial charge in [-0.05, 0) is 45.2 Å². The summed E-state index contributed by atoms with van der Waals surface area (Å²) >= 11 is 0. The van der Waals surface area contributed by atoms with Crippen molar-refractivity contribution >= 4 is 5.91 Å². The van der Waals surface area contributed by atoms with Crippen LogP contribution in [0.3, 0.4) is 0 Å². The number of fused-ring (bicyclic) bond motifs is 3. The lowest BCUT2D eigenvalue weighted by Gasteiger charge is -2.49. The molecule has 0 saturated carbocycles. The molecule has 2 atom stereocenters. The summed E-state index contributed by atoms with van der Waals surface area (Å²) in [5.74, 6) is 0.368. The van der Waals surface area contributed by atoms with Crippen LogP contribution in [0.1, 0.15) is 44.9 Å². The molecule has 1 aromatic rings. The Balaban J connectivity index is 2.16. The number of nitrogens with zero attached hydrogens (tertiary/aromatic N) is 1. The molecule has 0 bridgehead atoms. The number of hydrogen-bond donors (Lipinski definition) is 1. The summed E-state index contributed by atoms with van der Waals surface area (Å²) in [6.07, 6.45) is 0.733. The molecule has 22 heavy (non-hydrogen) atoms. The third kappa shape index (κ3) is 2.13. The minimum Gasteiger partial charge on any atom is -0.492 e. The molecule has 0 spiro atoms. The van der Waals surface area contributed by atoms with E-state index in [0.717, 1.165) is 12.0 Å². The molecule has 2 aliphatic heterocycles. The second-order valence-electron chi connectivity index (χ2n) is 6.62. The van der Waals surface area contributed by atoms with Gasteiger partial charge in [0.25, 0.3) is 5.91 Å². The zero-order valence-corrected chi connectivity index (χ0v) is 13.6. The third-order valence-electron chi connectivity index (χ3n) is 4.55. The minimum absolute atomic E-state index is 0.0401. The van der Waals surface area contributed by atoms with Crippen molar-refractivity contribution in [1.29, 1.82) is 0 Å². The predicted octanol–water partition coefficient (Wildman–Crippen LogP) is 2.58. The molecule has 0 unspecified atom stereocenters. The smallest absolute Gasteiger partial charge is 0.253 e. The Morgan fingerprint density at radius 3 is 2.73 bits per heavy atom. The fourth-order valence-electron chi connectivity index (χ4n) is 3.65. The highest BCUT2D eigenvalue weighted by atomic mass is 16.5. The van der Waals surface area contributed by atoms with Gasteiger partial charge >= 0.3 is 0 Å². The van der Waals surface area contributed by atoms with E-state index in [1.807, 2.05) is 32.0 Å². The van der Waals surface area contributed by atoms with Crippen LogP contribution in [0.2, 0.25) is 0 Å². The highest BCUT2D eigenvalue weighted by molar-refractivity contribution is 5.95. The molecule has 1 aromatic carbocycles. The van der Waals surface area contributed by atoms with Gasteiger partial charge in [0.05, 0.1) is 17.7 Å². The van der Waals surface area contributed by atoms with Gasteiger partial charge in [-0.25, -0.2) is 0 Å². The number of rotatable bonds is 2. The SMILES string of the molecule is CC1=C(OC(C)C)[C@](C)(O)[C@@H]2c3ccccc3CCN2C1=O. The Kier molecular flexibility index (Phi) is 3.52. The number of hydrogen-bond acceptors (Lipinski definition) is 3. The van der Waals surface area contributed by atoms with Gasteiger partial charge in [0.15, 0.2) is 0 Å². The van der Waals surface area contributed by atoms with E-state index in [2.05, 4.69) is 6.07 Å². The van der Waals surface area contributed by atoms with Gasteiger partial charge in [0, 0.05) is 6.54 Å². The Hall–Kier alpha value is -1.81. The lowest BCUT2D eigenvalue weighted by molar-refractivity contribution is -0.144. The molecule has 118 valence electrons. The van der Waals surface area contributed by atoms with Crippen LogP contribution in [0.15, 0.2) is 35.6 Å². The normalized spacial score (nSPS) is 27.8. The fraction of sp³-hybridized carbons (Fsp3) is 0.500. The maximum atomic E-state index is 12.7. The van der Waals surface area contributed by atoms with Gasteiger partial charge in [-0.3, -0.25) is 4.79 Å². The van der Waals surface area contributed by atoms with Gasteiger partial charge in [-0.1, -0.05) is 24.3 Å². The number of carbonyl (C=O) groups excluding carboxylic acids is 1. The van der Waals surface area contributed by atoms with Crippen molar-refractivity contribution in [2.75, 3.05) is 6.54 Å². The summed E-state index contributed by atoms with van der Waals surface area (Å²) in [5.41, 5.74) is 1.50. The van der Waals surface area contributed by atoms with E-state index in [-0.39, 0.29) is 18.1 Å². The molecule has 2 heterocycles. The van der Waals surface area contributed by atoms with Crippen molar-refractivity contribution in [2.45, 2.75) is 51.9 Å². The first-order valence-corrected chi connectivity index (χ1v) is 7.83. The van der Waals surface area contributed by atoms with E-state index in [4.69, 9.17) is 4.74 Å². The molecule has 0 fully saturated rings. The quantitative estimate of drug-likeness (QED) is 0.913. The second-order valence-corrected chi connectivity index (χ2v) is 6.62. The first-order chi connectivity index (χ1) is 10.3. The van der Waals surface area contributed by atoms with Crippen LogP contribution in [-0.2, 0) is 16.0 Å². The highest BCUT2D eigenvalue weighted by Gasteiger charge is 2.51. The molecule has 0 aromatic heterocycles. The molecular formula is C18H23NO3. The summed E-state index contributed by atoms with van der Waals surface area (Å²) in [6, 6.07) is 7.64. The maximum Gasteiger partial charge on any atom is 0.253 e. The first kappa shape index (κ1) is 15.1. The Bertz CT molecular complexity index is 645. The van der Waals surface area contributed by atoms with E-state index in [1.165, 1.54) is 5.56 Å². The summed E-state index contributed by atoms with van der Waals surface area (Å²) in [5, 5.41) is 11.2. The van der Waals surface area contributed by atoms with Crippen LogP contribution in [0, 0.1) is 0 Å². The maximum absolute atomic E-state index is 12.7. The van der Waals surface area contributed by atoms with Crippen molar-refractivity contribution in [3.8, 4) is 0 Å². The molecule has 0 radical (unpaired) electrons. The molecule has 2 aliphatic rings. The van der Waals surface area contributed by atoms with Crippen molar-refractivity contribution in [2.24, 2.45) is 0 Å². The monoisotopic (exact) mass is 301 g/mol. The molecule has 1 N–H and O–H groups in total. The standard InChI is InChI=1S/C18H23NO3/c1-11(2)22-16-12(3)17(20)19-10-9-13-7-5-6-8-14(13)15(19)18(16,4)21/h5-8,11,15,21H,9-10H2,1-4H3/t15-,18+/m0/s1. The zero-order valence-electron chi connectivity index (χ0n) is 13.6. The van der Waals surface area contributed by atoms with Gasteiger partial charge < -0.3 is 14.7 Å². The van der Waals surface area contributed by atoms with Gasteiger partial charge in [-0.15, -0.1) is 0 Å². The Morgan fingerprint density at radius 2 is 2.05 bits per heavy atom. The Morgan fingerprint density at radius 1 is 1.36 bits per heavy atom. The number of ether oxygens (including phenoxy) is 1. The number of benzene rings is 1. The van der Waals surface area contributed by atoms with E-state index in [0.29, 0.717) is 17.9 Å². The topological polar surface area (TPSA) is 49.8 Å². The zero-order chi connectivity index (χ0) is 16.1. The molecule has 3 rings (SSSR count). The number of aliphatic hydroxyl groups is 1. The first-order valence-electron chi connectivity index (χ1n) is 7.83. The fourth-order valence-corrected chi connectivity index (χ4v) is 3.65. The predicted molar refractivity (Wildman–Crippen MR) is 84.1 cm³/mol. The van der Waals surface area contributed by atoms with Crippen LogP contribution in [-0.4, -0.2) is 34.2 Å². The van der Waals surface area contributed by atoms with Gasteiger partial charge in [0.2, 0.25) is 0 Å². The lowest BCUT2D eigenvalue weighted by Crippen LogP contribution is -2.56. The third-order valence-corrected chi connectivity index (χ3v) is 4.55. The van der Waals surface area contributed by atoms with Crippen LogP contribution in [0.25, 0.3) is 0 Å². The number of amides is 1.